The number of nitrogens with zero attached hydrogens (tertiary/aromatic N) is 2. The van der Waals surface area contributed by atoms with E-state index in [9.17, 15) is 4.79 Å². The van der Waals surface area contributed by atoms with Gasteiger partial charge in [0.25, 0.3) is 5.91 Å². The molecule has 1 amide bonds. The Hall–Kier alpha value is -1.72. The molecule has 0 saturated carbocycles. The number of piperidine rings is 1. The van der Waals surface area contributed by atoms with Crippen molar-refractivity contribution in [1.82, 2.24) is 15.2 Å². The van der Waals surface area contributed by atoms with Crippen molar-refractivity contribution in [3.63, 3.8) is 0 Å². The van der Waals surface area contributed by atoms with E-state index in [0.717, 1.165) is 27.7 Å². The van der Waals surface area contributed by atoms with Crippen molar-refractivity contribution in [2.45, 2.75) is 65.5 Å². The number of carbonyl (C=O) groups excluding carboxylic acids is 1. The molecule has 1 N–H and O–H groups in total. The lowest BCUT2D eigenvalue weighted by Gasteiger charge is -2.26. The van der Waals surface area contributed by atoms with E-state index in [1.165, 1.54) is 49.3 Å². The van der Waals surface area contributed by atoms with Gasteiger partial charge >= 0.3 is 0 Å². The number of carbonyl (C=O) groups is 1. The maximum atomic E-state index is 12.6. The molecule has 0 aliphatic carbocycles. The summed E-state index contributed by atoms with van der Waals surface area (Å²) in [6.45, 7) is 12.3. The first kappa shape index (κ1) is 20.0. The number of thiazole rings is 1. The minimum Gasteiger partial charge on any atom is -0.347 e. The van der Waals surface area contributed by atoms with Crippen molar-refractivity contribution in [1.29, 1.82) is 0 Å². The third kappa shape index (κ3) is 5.39. The maximum Gasteiger partial charge on any atom is 0.263 e. The predicted molar refractivity (Wildman–Crippen MR) is 112 cm³/mol. The summed E-state index contributed by atoms with van der Waals surface area (Å²) in [5.74, 6) is -0.0297. The van der Waals surface area contributed by atoms with Crippen LogP contribution in [0.3, 0.4) is 0 Å². The molecule has 0 spiro atoms. The molecule has 27 heavy (non-hydrogen) atoms. The lowest BCUT2D eigenvalue weighted by Crippen LogP contribution is -2.29. The second-order valence-electron chi connectivity index (χ2n) is 8.52. The van der Waals surface area contributed by atoms with Crippen LogP contribution in [0.25, 0.3) is 0 Å². The van der Waals surface area contributed by atoms with Crippen LogP contribution in [-0.2, 0) is 18.5 Å². The molecule has 0 radical (unpaired) electrons. The van der Waals surface area contributed by atoms with Crippen molar-refractivity contribution in [2.24, 2.45) is 0 Å². The SMILES string of the molecule is Cc1nc(C(C)(C)C)sc1C(=O)NCc1ccc(CN2CCCCC2)cc1. The molecule has 1 aromatic carbocycles. The molecule has 3 rings (SSSR count). The number of benzene rings is 1. The van der Waals surface area contributed by atoms with Gasteiger partial charge < -0.3 is 5.32 Å². The first-order valence-electron chi connectivity index (χ1n) is 9.89. The van der Waals surface area contributed by atoms with E-state index >= 15 is 0 Å². The number of aryl methyl sites for hydroxylation is 1. The summed E-state index contributed by atoms with van der Waals surface area (Å²) < 4.78 is 0. The lowest BCUT2D eigenvalue weighted by molar-refractivity contribution is 0.0954. The van der Waals surface area contributed by atoms with E-state index in [1.54, 1.807) is 0 Å². The van der Waals surface area contributed by atoms with Crippen LogP contribution in [0.15, 0.2) is 24.3 Å². The van der Waals surface area contributed by atoms with Gasteiger partial charge in [0.05, 0.1) is 10.7 Å². The standard InChI is InChI=1S/C22H31N3OS/c1-16-19(27-21(24-16)22(2,3)4)20(26)23-14-17-8-10-18(11-9-17)15-25-12-6-5-7-13-25/h8-11H,5-7,12-15H2,1-4H3,(H,23,26). The summed E-state index contributed by atoms with van der Waals surface area (Å²) in [6.07, 6.45) is 4.00. The van der Waals surface area contributed by atoms with E-state index in [2.05, 4.69) is 60.2 Å². The molecule has 0 bridgehead atoms. The zero-order valence-corrected chi connectivity index (χ0v) is 17.8. The highest BCUT2D eigenvalue weighted by Crippen LogP contribution is 2.29. The van der Waals surface area contributed by atoms with Crippen molar-refractivity contribution in [2.75, 3.05) is 13.1 Å². The number of amides is 1. The van der Waals surface area contributed by atoms with E-state index in [4.69, 9.17) is 0 Å². The second-order valence-corrected chi connectivity index (χ2v) is 9.52. The largest absolute Gasteiger partial charge is 0.347 e. The van der Waals surface area contributed by atoms with Gasteiger partial charge in [0, 0.05) is 18.5 Å². The molecule has 1 aliphatic heterocycles. The van der Waals surface area contributed by atoms with E-state index in [1.807, 2.05) is 6.92 Å². The summed E-state index contributed by atoms with van der Waals surface area (Å²) in [5.41, 5.74) is 3.27. The van der Waals surface area contributed by atoms with Gasteiger partial charge in [-0.05, 0) is 44.0 Å². The highest BCUT2D eigenvalue weighted by Gasteiger charge is 2.23. The minimum atomic E-state index is -0.0297. The summed E-state index contributed by atoms with van der Waals surface area (Å²) >= 11 is 1.50. The number of aromatic nitrogens is 1. The average Bonchev–Trinajstić information content (AvgIpc) is 3.04. The Morgan fingerprint density at radius 3 is 2.33 bits per heavy atom. The Morgan fingerprint density at radius 1 is 1.11 bits per heavy atom. The van der Waals surface area contributed by atoms with Crippen LogP contribution in [0.2, 0.25) is 0 Å². The van der Waals surface area contributed by atoms with Crippen LogP contribution in [0.4, 0.5) is 0 Å². The van der Waals surface area contributed by atoms with Crippen molar-refractivity contribution >= 4 is 17.2 Å². The van der Waals surface area contributed by atoms with Crippen LogP contribution >= 0.6 is 11.3 Å². The molecule has 146 valence electrons. The molecule has 2 aromatic rings. The Labute approximate surface area is 167 Å². The van der Waals surface area contributed by atoms with Crippen molar-refractivity contribution < 1.29 is 4.79 Å². The molecule has 4 nitrogen and oxygen atoms in total. The van der Waals surface area contributed by atoms with Gasteiger partial charge in [0.15, 0.2) is 0 Å². The number of likely N-dealkylation sites (tertiary alicyclic amines) is 1. The zero-order valence-electron chi connectivity index (χ0n) is 17.0. The van der Waals surface area contributed by atoms with Gasteiger partial charge in [0.1, 0.15) is 4.88 Å². The van der Waals surface area contributed by atoms with Crippen molar-refractivity contribution in [3.05, 3.63) is 51.0 Å². The van der Waals surface area contributed by atoms with Gasteiger partial charge in [-0.15, -0.1) is 11.3 Å². The summed E-state index contributed by atoms with van der Waals surface area (Å²) in [6, 6.07) is 8.62. The molecule has 1 aliphatic rings. The zero-order chi connectivity index (χ0) is 19.4. The molecule has 0 atom stereocenters. The predicted octanol–water partition coefficient (Wildman–Crippen LogP) is 4.66. The fourth-order valence-corrected chi connectivity index (χ4v) is 4.37. The monoisotopic (exact) mass is 385 g/mol. The highest BCUT2D eigenvalue weighted by molar-refractivity contribution is 7.14. The van der Waals surface area contributed by atoms with E-state index in [0.29, 0.717) is 6.54 Å². The van der Waals surface area contributed by atoms with Crippen LogP contribution in [0.1, 0.15) is 71.5 Å². The molecule has 0 unspecified atom stereocenters. The van der Waals surface area contributed by atoms with Crippen LogP contribution in [0.5, 0.6) is 0 Å². The van der Waals surface area contributed by atoms with E-state index in [-0.39, 0.29) is 11.3 Å². The molecule has 1 fully saturated rings. The smallest absolute Gasteiger partial charge is 0.263 e. The third-order valence-corrected chi connectivity index (χ3v) is 6.56. The quantitative estimate of drug-likeness (QED) is 0.814. The number of nitrogens with one attached hydrogen (secondary N) is 1. The van der Waals surface area contributed by atoms with Gasteiger partial charge in [-0.1, -0.05) is 51.5 Å². The fourth-order valence-electron chi connectivity index (χ4n) is 3.33. The lowest BCUT2D eigenvalue weighted by atomic mass is 9.98. The summed E-state index contributed by atoms with van der Waals surface area (Å²) in [4.78, 5) is 20.4. The normalized spacial score (nSPS) is 15.7. The number of hydrogen-bond donors (Lipinski definition) is 1. The molecular weight excluding hydrogens is 354 g/mol. The molecule has 5 heteroatoms. The fraction of sp³-hybridized carbons (Fsp3) is 0.545. The van der Waals surface area contributed by atoms with Gasteiger partial charge in [-0.3, -0.25) is 9.69 Å². The summed E-state index contributed by atoms with van der Waals surface area (Å²) in [7, 11) is 0. The summed E-state index contributed by atoms with van der Waals surface area (Å²) in [5, 5.41) is 4.05. The van der Waals surface area contributed by atoms with Gasteiger partial charge in [0.2, 0.25) is 0 Å². The second kappa shape index (κ2) is 8.53. The topological polar surface area (TPSA) is 45.2 Å². The average molecular weight is 386 g/mol. The Morgan fingerprint density at radius 2 is 1.74 bits per heavy atom. The molecule has 2 heterocycles. The highest BCUT2D eigenvalue weighted by atomic mass is 32.1. The van der Waals surface area contributed by atoms with Gasteiger partial charge in [-0.25, -0.2) is 4.98 Å². The van der Waals surface area contributed by atoms with Gasteiger partial charge in [-0.2, -0.15) is 0 Å². The minimum absolute atomic E-state index is 0.0296. The first-order valence-corrected chi connectivity index (χ1v) is 10.7. The van der Waals surface area contributed by atoms with Crippen molar-refractivity contribution in [3.8, 4) is 0 Å². The Bertz CT molecular complexity index is 768. The van der Waals surface area contributed by atoms with Crippen LogP contribution in [0, 0.1) is 6.92 Å². The van der Waals surface area contributed by atoms with Crippen LogP contribution in [-0.4, -0.2) is 28.9 Å². The van der Waals surface area contributed by atoms with E-state index < -0.39 is 0 Å². The maximum absolute atomic E-state index is 12.6. The molecular formula is C22H31N3OS. The number of rotatable bonds is 5. The molecule has 1 saturated heterocycles. The Kier molecular flexibility index (Phi) is 6.33. The number of hydrogen-bond acceptors (Lipinski definition) is 4. The third-order valence-electron chi connectivity index (χ3n) is 4.98. The molecule has 1 aromatic heterocycles. The first-order chi connectivity index (χ1) is 12.8. The Balaban J connectivity index is 1.55. The van der Waals surface area contributed by atoms with Crippen LogP contribution < -0.4 is 5.32 Å².